The van der Waals surface area contributed by atoms with Gasteiger partial charge in [-0.15, -0.1) is 0 Å². The van der Waals surface area contributed by atoms with Crippen LogP contribution >= 0.6 is 0 Å². The summed E-state index contributed by atoms with van der Waals surface area (Å²) >= 11 is 0. The summed E-state index contributed by atoms with van der Waals surface area (Å²) in [5, 5.41) is 12.2. The molecule has 1 unspecified atom stereocenters. The molecule has 4 aromatic rings. The van der Waals surface area contributed by atoms with E-state index in [1.807, 2.05) is 30.3 Å². The van der Waals surface area contributed by atoms with Crippen LogP contribution in [-0.4, -0.2) is 16.0 Å². The van der Waals surface area contributed by atoms with Gasteiger partial charge in [-0.3, -0.25) is 4.79 Å². The monoisotopic (exact) mass is 429 g/mol. The molecule has 7 heteroatoms. The van der Waals surface area contributed by atoms with Crippen molar-refractivity contribution < 1.29 is 19.1 Å². The third-order valence-electron chi connectivity index (χ3n) is 4.82. The topological polar surface area (TPSA) is 111 Å². The Morgan fingerprint density at radius 1 is 1.00 bits per heavy atom. The summed E-state index contributed by atoms with van der Waals surface area (Å²) < 4.78 is 11.2. The molecule has 7 nitrogen and oxygen atoms in total. The zero-order valence-electron chi connectivity index (χ0n) is 17.3. The Hall–Kier alpha value is -4.10. The molecule has 0 fully saturated rings. The maximum atomic E-state index is 12.5. The SMILES string of the molecule is NC(Cc1ccc(O)cc1)c1nc(C(=O)Nc2ccc(OCc3ccccc3)cc2)co1. The number of nitrogens with two attached hydrogens (primary N) is 1. The van der Waals surface area contributed by atoms with Gasteiger partial charge >= 0.3 is 0 Å². The highest BCUT2D eigenvalue weighted by Crippen LogP contribution is 2.20. The van der Waals surface area contributed by atoms with Gasteiger partial charge in [0.2, 0.25) is 5.89 Å². The van der Waals surface area contributed by atoms with E-state index in [1.165, 1.54) is 6.26 Å². The Kier molecular flexibility index (Phi) is 6.48. The summed E-state index contributed by atoms with van der Waals surface area (Å²) in [7, 11) is 0. The standard InChI is InChI=1S/C25H23N3O4/c26-22(14-17-6-10-20(29)11-7-17)25-28-23(16-32-25)24(30)27-19-8-12-21(13-9-19)31-15-18-4-2-1-3-5-18/h1-13,16,22,29H,14-15,26H2,(H,27,30). The van der Waals surface area contributed by atoms with Crippen molar-refractivity contribution in [2.45, 2.75) is 19.1 Å². The molecule has 4 rings (SSSR count). The van der Waals surface area contributed by atoms with Crippen molar-refractivity contribution >= 4 is 11.6 Å². The second-order valence-electron chi connectivity index (χ2n) is 7.30. The number of nitrogens with one attached hydrogen (secondary N) is 1. The first-order valence-electron chi connectivity index (χ1n) is 10.1. The van der Waals surface area contributed by atoms with E-state index in [4.69, 9.17) is 14.9 Å². The van der Waals surface area contributed by atoms with Gasteiger partial charge in [-0.25, -0.2) is 4.98 Å². The van der Waals surface area contributed by atoms with Crippen molar-refractivity contribution in [3.63, 3.8) is 0 Å². The summed E-state index contributed by atoms with van der Waals surface area (Å²) in [6.07, 6.45) is 1.75. The van der Waals surface area contributed by atoms with E-state index < -0.39 is 11.9 Å². The molecule has 0 spiro atoms. The van der Waals surface area contributed by atoms with Gasteiger partial charge in [0, 0.05) is 5.69 Å². The first-order chi connectivity index (χ1) is 15.6. The number of rotatable bonds is 8. The van der Waals surface area contributed by atoms with E-state index in [0.29, 0.717) is 24.5 Å². The highest BCUT2D eigenvalue weighted by atomic mass is 16.5. The van der Waals surface area contributed by atoms with Crippen LogP contribution in [0.15, 0.2) is 89.5 Å². The minimum atomic E-state index is -0.512. The summed E-state index contributed by atoms with van der Waals surface area (Å²) in [4.78, 5) is 16.7. The number of nitrogens with zero attached hydrogens (tertiary/aromatic N) is 1. The minimum Gasteiger partial charge on any atom is -0.508 e. The van der Waals surface area contributed by atoms with Gasteiger partial charge in [0.25, 0.3) is 5.91 Å². The summed E-state index contributed by atoms with van der Waals surface area (Å²) in [6.45, 7) is 0.471. The number of hydrogen-bond acceptors (Lipinski definition) is 6. The highest BCUT2D eigenvalue weighted by molar-refractivity contribution is 6.02. The number of carbonyl (C=O) groups excluding carboxylic acids is 1. The quantitative estimate of drug-likeness (QED) is 0.382. The van der Waals surface area contributed by atoms with E-state index in [2.05, 4.69) is 10.3 Å². The van der Waals surface area contributed by atoms with Gasteiger partial charge in [-0.1, -0.05) is 42.5 Å². The number of carbonyl (C=O) groups is 1. The lowest BCUT2D eigenvalue weighted by Crippen LogP contribution is -2.16. The smallest absolute Gasteiger partial charge is 0.277 e. The normalized spacial score (nSPS) is 11.7. The average molecular weight is 429 g/mol. The lowest BCUT2D eigenvalue weighted by Gasteiger charge is -2.08. The number of benzene rings is 3. The van der Waals surface area contributed by atoms with E-state index >= 15 is 0 Å². The van der Waals surface area contributed by atoms with Crippen molar-refractivity contribution in [3.05, 3.63) is 108 Å². The number of hydrogen-bond donors (Lipinski definition) is 3. The van der Waals surface area contributed by atoms with Crippen LogP contribution in [0, 0.1) is 0 Å². The van der Waals surface area contributed by atoms with Crippen molar-refractivity contribution in [2.75, 3.05) is 5.32 Å². The highest BCUT2D eigenvalue weighted by Gasteiger charge is 2.18. The summed E-state index contributed by atoms with van der Waals surface area (Å²) in [5.74, 6) is 0.770. The molecular weight excluding hydrogens is 406 g/mol. The average Bonchev–Trinajstić information content (AvgIpc) is 3.32. The Bertz CT molecular complexity index is 1160. The van der Waals surface area contributed by atoms with Crippen molar-refractivity contribution in [1.82, 2.24) is 4.98 Å². The van der Waals surface area contributed by atoms with E-state index in [-0.39, 0.29) is 17.3 Å². The lowest BCUT2D eigenvalue weighted by atomic mass is 10.1. The molecule has 1 atom stereocenters. The van der Waals surface area contributed by atoms with Crippen LogP contribution in [-0.2, 0) is 13.0 Å². The van der Waals surface area contributed by atoms with E-state index in [9.17, 15) is 9.90 Å². The molecular formula is C25H23N3O4. The van der Waals surface area contributed by atoms with Crippen LogP contribution in [0.3, 0.4) is 0 Å². The zero-order chi connectivity index (χ0) is 22.3. The van der Waals surface area contributed by atoms with Crippen LogP contribution in [0.1, 0.15) is 33.5 Å². The van der Waals surface area contributed by atoms with Gasteiger partial charge in [0.15, 0.2) is 5.69 Å². The lowest BCUT2D eigenvalue weighted by molar-refractivity contribution is 0.102. The fourth-order valence-corrected chi connectivity index (χ4v) is 3.11. The number of ether oxygens (including phenoxy) is 1. The van der Waals surface area contributed by atoms with Gasteiger partial charge < -0.3 is 25.3 Å². The molecule has 162 valence electrons. The fourth-order valence-electron chi connectivity index (χ4n) is 3.11. The maximum Gasteiger partial charge on any atom is 0.277 e. The first kappa shape index (κ1) is 21.1. The second-order valence-corrected chi connectivity index (χ2v) is 7.30. The van der Waals surface area contributed by atoms with Gasteiger partial charge in [-0.2, -0.15) is 0 Å². The van der Waals surface area contributed by atoms with E-state index in [1.54, 1.807) is 48.5 Å². The summed E-state index contributed by atoms with van der Waals surface area (Å²) in [6, 6.07) is 23.2. The third-order valence-corrected chi connectivity index (χ3v) is 4.82. The minimum absolute atomic E-state index is 0.144. The Labute approximate surface area is 185 Å². The number of aromatic hydroxyl groups is 1. The Balaban J connectivity index is 1.32. The molecule has 0 saturated heterocycles. The number of phenols is 1. The number of aromatic nitrogens is 1. The predicted octanol–water partition coefficient (Wildman–Crippen LogP) is 4.45. The van der Waals surface area contributed by atoms with Crippen LogP contribution < -0.4 is 15.8 Å². The molecule has 0 saturated carbocycles. The van der Waals surface area contributed by atoms with Crippen LogP contribution in [0.5, 0.6) is 11.5 Å². The molecule has 0 aliphatic rings. The Morgan fingerprint density at radius 2 is 1.72 bits per heavy atom. The first-order valence-corrected chi connectivity index (χ1v) is 10.1. The zero-order valence-corrected chi connectivity index (χ0v) is 17.3. The number of phenolic OH excluding ortho intramolecular Hbond substituents is 1. The third kappa shape index (κ3) is 5.53. The summed E-state index contributed by atoms with van der Waals surface area (Å²) in [5.41, 5.74) is 8.91. The molecule has 0 radical (unpaired) electrons. The van der Waals surface area contributed by atoms with Crippen LogP contribution in [0.25, 0.3) is 0 Å². The fraction of sp³-hybridized carbons (Fsp3) is 0.120. The molecule has 3 aromatic carbocycles. The van der Waals surface area contributed by atoms with Crippen molar-refractivity contribution in [2.24, 2.45) is 5.73 Å². The molecule has 0 aliphatic heterocycles. The van der Waals surface area contributed by atoms with Crippen LogP contribution in [0.4, 0.5) is 5.69 Å². The molecule has 1 amide bonds. The molecule has 0 aliphatic carbocycles. The van der Waals surface area contributed by atoms with Crippen molar-refractivity contribution in [1.29, 1.82) is 0 Å². The maximum absolute atomic E-state index is 12.5. The van der Waals surface area contributed by atoms with Crippen LogP contribution in [0.2, 0.25) is 0 Å². The van der Waals surface area contributed by atoms with Gasteiger partial charge in [-0.05, 0) is 53.9 Å². The Morgan fingerprint density at radius 3 is 2.44 bits per heavy atom. The molecule has 1 aromatic heterocycles. The number of anilines is 1. The second kappa shape index (κ2) is 9.80. The molecule has 1 heterocycles. The molecule has 4 N–H and O–H groups in total. The number of oxazole rings is 1. The predicted molar refractivity (Wildman–Crippen MR) is 120 cm³/mol. The molecule has 32 heavy (non-hydrogen) atoms. The van der Waals surface area contributed by atoms with E-state index in [0.717, 1.165) is 11.1 Å². The van der Waals surface area contributed by atoms with Crippen molar-refractivity contribution in [3.8, 4) is 11.5 Å². The largest absolute Gasteiger partial charge is 0.508 e. The van der Waals surface area contributed by atoms with Gasteiger partial charge in [0.05, 0.1) is 6.04 Å². The van der Waals surface area contributed by atoms with Gasteiger partial charge in [0.1, 0.15) is 24.4 Å². The number of amides is 1. The molecule has 0 bridgehead atoms.